The molecule has 7 nitrogen and oxygen atoms in total. The number of carbonyl (C=O) groups is 1. The van der Waals surface area contributed by atoms with E-state index in [1.807, 2.05) is 60.7 Å². The largest absolute Gasteiger partial charge is 0.469 e. The van der Waals surface area contributed by atoms with E-state index in [1.54, 1.807) is 18.3 Å². The molecule has 2 heterocycles. The number of rotatable bonds is 6. The first kappa shape index (κ1) is 23.4. The van der Waals surface area contributed by atoms with E-state index in [1.165, 1.54) is 17.4 Å². The summed E-state index contributed by atoms with van der Waals surface area (Å²) in [5.41, 5.74) is 5.61. The second kappa shape index (κ2) is 9.75. The van der Waals surface area contributed by atoms with Crippen LogP contribution in [0.15, 0.2) is 82.6 Å². The lowest BCUT2D eigenvalue weighted by Gasteiger charge is -2.03. The number of hydrogen-bond donors (Lipinski definition) is 1. The molecular weight excluding hydrogens is 472 g/mol. The number of carbonyl (C=O) groups excluding carboxylic acids is 1. The predicted octanol–water partition coefficient (Wildman–Crippen LogP) is 5.61. The van der Waals surface area contributed by atoms with E-state index < -0.39 is 5.97 Å². The van der Waals surface area contributed by atoms with Crippen molar-refractivity contribution >= 4 is 38.9 Å². The molecule has 0 aliphatic heterocycles. The molecule has 3 aromatic carbocycles. The lowest BCUT2D eigenvalue weighted by Crippen LogP contribution is -2.20. The zero-order valence-corrected chi connectivity index (χ0v) is 20.9. The van der Waals surface area contributed by atoms with Crippen molar-refractivity contribution in [1.29, 1.82) is 0 Å². The van der Waals surface area contributed by atoms with Gasteiger partial charge in [0.1, 0.15) is 5.01 Å². The summed E-state index contributed by atoms with van der Waals surface area (Å²) >= 11 is 1.65. The fourth-order valence-corrected chi connectivity index (χ4v) is 5.11. The summed E-state index contributed by atoms with van der Waals surface area (Å²) in [4.78, 5) is 34.8. The van der Waals surface area contributed by atoms with E-state index in [2.05, 4.69) is 24.2 Å². The zero-order chi connectivity index (χ0) is 25.2. The zero-order valence-electron chi connectivity index (χ0n) is 20.1. The van der Waals surface area contributed by atoms with E-state index in [0.717, 1.165) is 20.8 Å². The predicted molar refractivity (Wildman–Crippen MR) is 144 cm³/mol. The van der Waals surface area contributed by atoms with Gasteiger partial charge in [-0.3, -0.25) is 19.7 Å². The molecule has 0 unspecified atom stereocenters. The number of benzene rings is 3. The number of aryl methyl sites for hydroxylation is 1. The summed E-state index contributed by atoms with van der Waals surface area (Å²) in [6.07, 6.45) is -0.0657. The van der Waals surface area contributed by atoms with Gasteiger partial charge in [-0.15, -0.1) is 11.3 Å². The van der Waals surface area contributed by atoms with Crippen molar-refractivity contribution in [2.24, 2.45) is 4.99 Å². The first-order valence-corrected chi connectivity index (χ1v) is 12.2. The Morgan fingerprint density at radius 3 is 2.56 bits per heavy atom. The second-order valence-electron chi connectivity index (χ2n) is 8.43. The van der Waals surface area contributed by atoms with Crippen molar-refractivity contribution in [2.45, 2.75) is 20.3 Å². The molecule has 0 saturated carbocycles. The fraction of sp³-hybridized carbons (Fsp3) is 0.143. The Bertz CT molecular complexity index is 1640. The molecule has 5 rings (SSSR count). The Labute approximate surface area is 211 Å². The summed E-state index contributed by atoms with van der Waals surface area (Å²) in [6, 6.07) is 23.2. The topological polar surface area (TPSA) is 89.3 Å². The maximum Gasteiger partial charge on any atom is 0.311 e. The molecular formula is C28H24N4O3S. The minimum absolute atomic E-state index is 0.0657. The van der Waals surface area contributed by atoms with Gasteiger partial charge in [0.25, 0.3) is 5.56 Å². The second-order valence-corrected chi connectivity index (χ2v) is 9.46. The quantitative estimate of drug-likeness (QED) is 0.245. The van der Waals surface area contributed by atoms with Crippen molar-refractivity contribution in [3.05, 3.63) is 100.0 Å². The van der Waals surface area contributed by atoms with Crippen molar-refractivity contribution in [2.75, 3.05) is 7.11 Å². The maximum absolute atomic E-state index is 13.3. The number of esters is 1. The summed E-state index contributed by atoms with van der Waals surface area (Å²) in [5.74, 6) is -0.444. The van der Waals surface area contributed by atoms with Crippen LogP contribution in [0.5, 0.6) is 0 Å². The highest BCUT2D eigenvalue weighted by atomic mass is 32.1. The van der Waals surface area contributed by atoms with E-state index in [9.17, 15) is 9.59 Å². The third-order valence-electron chi connectivity index (χ3n) is 5.85. The average Bonchev–Trinajstić information content (AvgIpc) is 3.45. The minimum Gasteiger partial charge on any atom is -0.469 e. The number of methoxy groups -OCH3 is 1. The number of ether oxygens (including phenoxy) is 1. The molecule has 0 fully saturated rings. The Morgan fingerprint density at radius 2 is 1.83 bits per heavy atom. The van der Waals surface area contributed by atoms with Gasteiger partial charge in [0.05, 0.1) is 52.1 Å². The molecule has 0 atom stereocenters. The van der Waals surface area contributed by atoms with Gasteiger partial charge in [-0.05, 0) is 67.9 Å². The summed E-state index contributed by atoms with van der Waals surface area (Å²) in [6.45, 7) is 3.84. The van der Waals surface area contributed by atoms with E-state index in [4.69, 9.17) is 14.7 Å². The molecule has 1 N–H and O–H groups in total. The highest BCUT2D eigenvalue weighted by Crippen LogP contribution is 2.31. The van der Waals surface area contributed by atoms with Gasteiger partial charge in [0.2, 0.25) is 0 Å². The molecule has 0 aliphatic rings. The minimum atomic E-state index is -0.444. The smallest absolute Gasteiger partial charge is 0.311 e. The number of H-pyrrole nitrogens is 1. The first-order chi connectivity index (χ1) is 17.4. The molecule has 0 radical (unpaired) electrons. The number of thiazole rings is 1. The molecule has 0 saturated heterocycles. The summed E-state index contributed by atoms with van der Waals surface area (Å²) < 4.78 is 7.41. The van der Waals surface area contributed by atoms with Crippen LogP contribution in [-0.2, 0) is 16.0 Å². The fourth-order valence-electron chi connectivity index (χ4n) is 4.04. The van der Waals surface area contributed by atoms with Crippen LogP contribution in [0.2, 0.25) is 0 Å². The highest BCUT2D eigenvalue weighted by molar-refractivity contribution is 7.21. The number of para-hydroxylation sites is 1. The van der Waals surface area contributed by atoms with Crippen LogP contribution in [0.3, 0.4) is 0 Å². The molecule has 2 aromatic heterocycles. The molecule has 8 heteroatoms. The summed E-state index contributed by atoms with van der Waals surface area (Å²) in [5, 5.41) is 4.01. The van der Waals surface area contributed by atoms with Crippen molar-refractivity contribution in [3.8, 4) is 16.3 Å². The third kappa shape index (κ3) is 4.63. The van der Waals surface area contributed by atoms with Crippen LogP contribution in [0.1, 0.15) is 23.7 Å². The van der Waals surface area contributed by atoms with E-state index >= 15 is 0 Å². The first-order valence-electron chi connectivity index (χ1n) is 11.4. The molecule has 0 spiro atoms. The SMILES string of the molecule is COC(=O)Cc1[nH]n(-c2ccccc2)c(=O)c1C(C)=Nc1ccc(-c2nc3ccc(C)cc3s2)cc1. The Kier molecular flexibility index (Phi) is 6.35. The Balaban J connectivity index is 1.49. The van der Waals surface area contributed by atoms with Crippen LogP contribution >= 0.6 is 11.3 Å². The normalized spacial score (nSPS) is 11.7. The lowest BCUT2D eigenvalue weighted by molar-refractivity contribution is -0.139. The van der Waals surface area contributed by atoms with Gasteiger partial charge in [0, 0.05) is 5.56 Å². The number of nitrogens with one attached hydrogen (secondary N) is 1. The molecule has 180 valence electrons. The van der Waals surface area contributed by atoms with Crippen molar-refractivity contribution < 1.29 is 9.53 Å². The van der Waals surface area contributed by atoms with Crippen LogP contribution < -0.4 is 5.56 Å². The number of aliphatic imine (C=N–C) groups is 1. The van der Waals surface area contributed by atoms with Gasteiger partial charge in [-0.2, -0.15) is 0 Å². The van der Waals surface area contributed by atoms with Crippen LogP contribution in [0.4, 0.5) is 5.69 Å². The van der Waals surface area contributed by atoms with Gasteiger partial charge < -0.3 is 4.74 Å². The van der Waals surface area contributed by atoms with Gasteiger partial charge in [0.15, 0.2) is 0 Å². The third-order valence-corrected chi connectivity index (χ3v) is 6.91. The van der Waals surface area contributed by atoms with Gasteiger partial charge in [-0.25, -0.2) is 9.67 Å². The molecule has 0 aliphatic carbocycles. The van der Waals surface area contributed by atoms with Crippen LogP contribution in [-0.4, -0.2) is 33.6 Å². The molecule has 0 bridgehead atoms. The van der Waals surface area contributed by atoms with E-state index in [0.29, 0.717) is 28.3 Å². The van der Waals surface area contributed by atoms with Crippen LogP contribution in [0, 0.1) is 6.92 Å². The summed E-state index contributed by atoms with van der Waals surface area (Å²) in [7, 11) is 1.32. The van der Waals surface area contributed by atoms with Crippen molar-refractivity contribution in [3.63, 3.8) is 0 Å². The number of hydrogen-bond acceptors (Lipinski definition) is 6. The van der Waals surface area contributed by atoms with E-state index in [-0.39, 0.29) is 12.0 Å². The standard InChI is InChI=1S/C28H24N4O3S/c1-17-9-14-22-24(15-17)36-27(30-22)19-10-12-20(13-11-19)29-18(2)26-23(16-25(33)35-3)31-32(28(26)34)21-7-5-4-6-8-21/h4-15,31H,16H2,1-3H3. The maximum atomic E-state index is 13.3. The number of aromatic amines is 1. The highest BCUT2D eigenvalue weighted by Gasteiger charge is 2.20. The molecule has 5 aromatic rings. The monoisotopic (exact) mass is 496 g/mol. The van der Waals surface area contributed by atoms with Crippen molar-refractivity contribution in [1.82, 2.24) is 14.8 Å². The lowest BCUT2D eigenvalue weighted by atomic mass is 10.1. The number of nitrogens with zero attached hydrogens (tertiary/aromatic N) is 3. The van der Waals surface area contributed by atoms with Gasteiger partial charge in [-0.1, -0.05) is 24.3 Å². The number of fused-ring (bicyclic) bond motifs is 1. The Hall–Kier alpha value is -4.30. The molecule has 36 heavy (non-hydrogen) atoms. The average molecular weight is 497 g/mol. The molecule has 0 amide bonds. The Morgan fingerprint density at radius 1 is 1.08 bits per heavy atom. The van der Waals surface area contributed by atoms with Gasteiger partial charge >= 0.3 is 5.97 Å². The van der Waals surface area contributed by atoms with Crippen LogP contribution in [0.25, 0.3) is 26.5 Å². The number of aromatic nitrogens is 3.